The fourth-order valence-corrected chi connectivity index (χ4v) is 1.84. The normalized spacial score (nSPS) is 12.4. The van der Waals surface area contributed by atoms with E-state index < -0.39 is 0 Å². The van der Waals surface area contributed by atoms with Gasteiger partial charge in [-0.2, -0.15) is 0 Å². The Labute approximate surface area is 101 Å². The van der Waals surface area contributed by atoms with Crippen molar-refractivity contribution in [3.05, 3.63) is 71.5 Å². The number of hydrogen-bond donors (Lipinski definition) is 1. The van der Waals surface area contributed by atoms with E-state index in [1.807, 2.05) is 18.2 Å². The van der Waals surface area contributed by atoms with Crippen molar-refractivity contribution in [2.75, 3.05) is 0 Å². The van der Waals surface area contributed by atoms with Gasteiger partial charge in [-0.1, -0.05) is 42.5 Å². The Bertz CT molecular complexity index is 450. The molecule has 2 aromatic carbocycles. The minimum atomic E-state index is -0.219. The summed E-state index contributed by atoms with van der Waals surface area (Å²) in [6.45, 7) is 0. The molecule has 0 aliphatic heterocycles. The Morgan fingerprint density at radius 2 is 1.59 bits per heavy atom. The summed E-state index contributed by atoms with van der Waals surface area (Å²) < 4.78 is 12.8. The van der Waals surface area contributed by atoms with Crippen LogP contribution in [0.15, 0.2) is 54.6 Å². The molecule has 0 aliphatic rings. The zero-order valence-corrected chi connectivity index (χ0v) is 9.64. The fourth-order valence-electron chi connectivity index (χ4n) is 1.84. The molecule has 0 fully saturated rings. The standard InChI is InChI=1S/C15H16FN/c16-14-9-7-13(8-10-14)15(17)11-6-12-4-2-1-3-5-12/h1-5,7-10,15H,6,11,17H2. The Hall–Kier alpha value is -1.67. The minimum Gasteiger partial charge on any atom is -0.324 e. The average Bonchev–Trinajstić information content (AvgIpc) is 2.38. The molecule has 2 rings (SSSR count). The molecule has 17 heavy (non-hydrogen) atoms. The Balaban J connectivity index is 1.93. The van der Waals surface area contributed by atoms with E-state index in [-0.39, 0.29) is 11.9 Å². The van der Waals surface area contributed by atoms with Crippen LogP contribution < -0.4 is 5.73 Å². The highest BCUT2D eigenvalue weighted by Crippen LogP contribution is 2.17. The number of halogens is 1. The SMILES string of the molecule is NC(CCc1ccccc1)c1ccc(F)cc1. The second kappa shape index (κ2) is 5.60. The zero-order chi connectivity index (χ0) is 12.1. The van der Waals surface area contributed by atoms with E-state index in [4.69, 9.17) is 5.73 Å². The van der Waals surface area contributed by atoms with E-state index >= 15 is 0 Å². The van der Waals surface area contributed by atoms with Crippen molar-refractivity contribution in [2.24, 2.45) is 5.73 Å². The maximum absolute atomic E-state index is 12.8. The van der Waals surface area contributed by atoms with Crippen molar-refractivity contribution >= 4 is 0 Å². The third-order valence-electron chi connectivity index (χ3n) is 2.88. The molecular weight excluding hydrogens is 213 g/mol. The van der Waals surface area contributed by atoms with Gasteiger partial charge in [0.1, 0.15) is 5.82 Å². The largest absolute Gasteiger partial charge is 0.324 e. The van der Waals surface area contributed by atoms with Crippen molar-refractivity contribution in [3.8, 4) is 0 Å². The van der Waals surface area contributed by atoms with Crippen LogP contribution in [-0.4, -0.2) is 0 Å². The topological polar surface area (TPSA) is 26.0 Å². The summed E-state index contributed by atoms with van der Waals surface area (Å²) in [4.78, 5) is 0. The van der Waals surface area contributed by atoms with Gasteiger partial charge >= 0.3 is 0 Å². The molecule has 0 spiro atoms. The third kappa shape index (κ3) is 3.40. The van der Waals surface area contributed by atoms with Gasteiger partial charge in [0.15, 0.2) is 0 Å². The smallest absolute Gasteiger partial charge is 0.123 e. The van der Waals surface area contributed by atoms with E-state index in [1.54, 1.807) is 12.1 Å². The molecule has 0 radical (unpaired) electrons. The van der Waals surface area contributed by atoms with Gasteiger partial charge in [-0.05, 0) is 36.1 Å². The van der Waals surface area contributed by atoms with E-state index in [9.17, 15) is 4.39 Å². The molecule has 0 amide bonds. The number of benzene rings is 2. The van der Waals surface area contributed by atoms with Gasteiger partial charge in [0.25, 0.3) is 0 Å². The van der Waals surface area contributed by atoms with Gasteiger partial charge in [0.2, 0.25) is 0 Å². The summed E-state index contributed by atoms with van der Waals surface area (Å²) in [7, 11) is 0. The first kappa shape index (κ1) is 11.8. The first-order valence-electron chi connectivity index (χ1n) is 5.80. The molecule has 0 aromatic heterocycles. The maximum Gasteiger partial charge on any atom is 0.123 e. The number of rotatable bonds is 4. The third-order valence-corrected chi connectivity index (χ3v) is 2.88. The van der Waals surface area contributed by atoms with Gasteiger partial charge in [-0.15, -0.1) is 0 Å². The Morgan fingerprint density at radius 1 is 0.941 bits per heavy atom. The van der Waals surface area contributed by atoms with Crippen molar-refractivity contribution in [3.63, 3.8) is 0 Å². The van der Waals surface area contributed by atoms with Gasteiger partial charge < -0.3 is 5.73 Å². The van der Waals surface area contributed by atoms with Crippen LogP contribution in [0.2, 0.25) is 0 Å². The molecule has 1 nitrogen and oxygen atoms in total. The lowest BCUT2D eigenvalue weighted by atomic mass is 10.00. The zero-order valence-electron chi connectivity index (χ0n) is 9.64. The van der Waals surface area contributed by atoms with Crippen LogP contribution in [0.3, 0.4) is 0 Å². The van der Waals surface area contributed by atoms with Crippen LogP contribution in [0.4, 0.5) is 4.39 Å². The Morgan fingerprint density at radius 3 is 2.24 bits per heavy atom. The quantitative estimate of drug-likeness (QED) is 0.853. The first-order valence-corrected chi connectivity index (χ1v) is 5.80. The highest BCUT2D eigenvalue weighted by atomic mass is 19.1. The summed E-state index contributed by atoms with van der Waals surface area (Å²) in [6, 6.07) is 16.6. The lowest BCUT2D eigenvalue weighted by Crippen LogP contribution is -2.11. The summed E-state index contributed by atoms with van der Waals surface area (Å²) in [5.74, 6) is -0.219. The van der Waals surface area contributed by atoms with Crippen LogP contribution in [0.5, 0.6) is 0 Å². The Kier molecular flexibility index (Phi) is 3.89. The molecule has 0 bridgehead atoms. The molecule has 2 N–H and O–H groups in total. The predicted octanol–water partition coefficient (Wildman–Crippen LogP) is 3.46. The van der Waals surface area contributed by atoms with Crippen molar-refractivity contribution < 1.29 is 4.39 Å². The molecule has 1 atom stereocenters. The highest BCUT2D eigenvalue weighted by molar-refractivity contribution is 5.20. The summed E-state index contributed by atoms with van der Waals surface area (Å²) in [5, 5.41) is 0. The van der Waals surface area contributed by atoms with E-state index in [0.29, 0.717) is 0 Å². The monoisotopic (exact) mass is 229 g/mol. The second-order valence-electron chi connectivity index (χ2n) is 4.18. The highest BCUT2D eigenvalue weighted by Gasteiger charge is 2.06. The first-order chi connectivity index (χ1) is 8.25. The maximum atomic E-state index is 12.8. The van der Waals surface area contributed by atoms with Gasteiger partial charge in [-0.3, -0.25) is 0 Å². The van der Waals surface area contributed by atoms with E-state index in [2.05, 4.69) is 12.1 Å². The molecule has 1 unspecified atom stereocenters. The van der Waals surface area contributed by atoms with Gasteiger partial charge in [-0.25, -0.2) is 4.39 Å². The van der Waals surface area contributed by atoms with Crippen molar-refractivity contribution in [1.82, 2.24) is 0 Å². The van der Waals surface area contributed by atoms with Gasteiger partial charge in [0.05, 0.1) is 0 Å². The lowest BCUT2D eigenvalue weighted by molar-refractivity contribution is 0.619. The molecule has 0 heterocycles. The average molecular weight is 229 g/mol. The molecule has 0 saturated heterocycles. The molecule has 2 heteroatoms. The van der Waals surface area contributed by atoms with Crippen molar-refractivity contribution in [2.45, 2.75) is 18.9 Å². The fraction of sp³-hybridized carbons (Fsp3) is 0.200. The number of nitrogens with two attached hydrogens (primary N) is 1. The van der Waals surface area contributed by atoms with E-state index in [1.165, 1.54) is 17.7 Å². The van der Waals surface area contributed by atoms with Crippen LogP contribution in [-0.2, 0) is 6.42 Å². The predicted molar refractivity (Wildman–Crippen MR) is 68.1 cm³/mol. The number of aryl methyl sites for hydroxylation is 1. The molecule has 2 aromatic rings. The summed E-state index contributed by atoms with van der Waals surface area (Å²) >= 11 is 0. The second-order valence-corrected chi connectivity index (χ2v) is 4.18. The van der Waals surface area contributed by atoms with Crippen molar-refractivity contribution in [1.29, 1.82) is 0 Å². The molecule has 0 aliphatic carbocycles. The summed E-state index contributed by atoms with van der Waals surface area (Å²) in [5.41, 5.74) is 8.34. The van der Waals surface area contributed by atoms with Crippen LogP contribution in [0.1, 0.15) is 23.6 Å². The van der Waals surface area contributed by atoms with E-state index in [0.717, 1.165) is 18.4 Å². The molecule has 88 valence electrons. The summed E-state index contributed by atoms with van der Waals surface area (Å²) in [6.07, 6.45) is 1.81. The van der Waals surface area contributed by atoms with Gasteiger partial charge in [0, 0.05) is 6.04 Å². The van der Waals surface area contributed by atoms with Crippen LogP contribution in [0, 0.1) is 5.82 Å². The molecular formula is C15H16FN. The number of hydrogen-bond acceptors (Lipinski definition) is 1. The minimum absolute atomic E-state index is 0.0317. The van der Waals surface area contributed by atoms with Crippen LogP contribution in [0.25, 0.3) is 0 Å². The van der Waals surface area contributed by atoms with Crippen LogP contribution >= 0.6 is 0 Å². The molecule has 0 saturated carbocycles. The lowest BCUT2D eigenvalue weighted by Gasteiger charge is -2.11.